The standard InChI is InChI=1S/C19H29N5O3S2/c1-15(2)29(25,26)20-7-8-23-9-11-24(12-10-23)19-21-18(22-28-19)14-16-5-4-6-17(13-16)27-3/h4-6,13,15,20H,7-12,14H2,1-3H3. The molecule has 0 aliphatic carbocycles. The molecule has 0 saturated carbocycles. The lowest BCUT2D eigenvalue weighted by Crippen LogP contribution is -2.48. The number of nitrogens with zero attached hydrogens (tertiary/aromatic N) is 4. The van der Waals surface area contributed by atoms with E-state index in [1.54, 1.807) is 21.0 Å². The quantitative estimate of drug-likeness (QED) is 0.635. The molecular formula is C19H29N5O3S2. The summed E-state index contributed by atoms with van der Waals surface area (Å²) in [5, 5.41) is 0.547. The zero-order valence-electron chi connectivity index (χ0n) is 17.2. The smallest absolute Gasteiger partial charge is 0.213 e. The molecule has 2 aromatic rings. The summed E-state index contributed by atoms with van der Waals surface area (Å²) in [6.07, 6.45) is 0.684. The summed E-state index contributed by atoms with van der Waals surface area (Å²) in [7, 11) is -1.53. The van der Waals surface area contributed by atoms with Crippen molar-refractivity contribution < 1.29 is 13.2 Å². The predicted molar refractivity (Wildman–Crippen MR) is 116 cm³/mol. The first-order chi connectivity index (χ1) is 13.9. The van der Waals surface area contributed by atoms with Gasteiger partial charge in [0.25, 0.3) is 0 Å². The molecule has 1 N–H and O–H groups in total. The topological polar surface area (TPSA) is 87.7 Å². The third-order valence-electron chi connectivity index (χ3n) is 4.95. The first-order valence-corrected chi connectivity index (χ1v) is 12.1. The summed E-state index contributed by atoms with van der Waals surface area (Å²) in [5.41, 5.74) is 1.13. The molecule has 1 aliphatic rings. The van der Waals surface area contributed by atoms with Gasteiger partial charge in [0.1, 0.15) is 11.6 Å². The number of sulfonamides is 1. The average Bonchev–Trinajstić information content (AvgIpc) is 3.17. The third kappa shape index (κ3) is 6.11. The fourth-order valence-corrected chi connectivity index (χ4v) is 4.53. The lowest BCUT2D eigenvalue weighted by atomic mass is 10.1. The minimum atomic E-state index is -3.19. The Labute approximate surface area is 177 Å². The van der Waals surface area contributed by atoms with Gasteiger partial charge in [0.05, 0.1) is 12.4 Å². The fraction of sp³-hybridized carbons (Fsp3) is 0.579. The average molecular weight is 440 g/mol. The maximum atomic E-state index is 11.8. The Morgan fingerprint density at radius 1 is 1.24 bits per heavy atom. The summed E-state index contributed by atoms with van der Waals surface area (Å²) in [6, 6.07) is 7.96. The van der Waals surface area contributed by atoms with Crippen LogP contribution in [0, 0.1) is 0 Å². The number of methoxy groups -OCH3 is 1. The molecule has 0 amide bonds. The van der Waals surface area contributed by atoms with Gasteiger partial charge in [0.15, 0.2) is 0 Å². The van der Waals surface area contributed by atoms with Crippen molar-refractivity contribution in [1.82, 2.24) is 19.0 Å². The van der Waals surface area contributed by atoms with Gasteiger partial charge in [-0.05, 0) is 31.5 Å². The number of hydrogen-bond donors (Lipinski definition) is 1. The molecule has 1 aromatic carbocycles. The van der Waals surface area contributed by atoms with Crippen LogP contribution in [-0.4, -0.2) is 74.3 Å². The van der Waals surface area contributed by atoms with Crippen molar-refractivity contribution in [2.45, 2.75) is 25.5 Å². The van der Waals surface area contributed by atoms with Crippen LogP contribution in [0.25, 0.3) is 0 Å². The Bertz CT molecular complexity index is 893. The number of nitrogens with one attached hydrogen (secondary N) is 1. The van der Waals surface area contributed by atoms with Crippen molar-refractivity contribution in [2.24, 2.45) is 0 Å². The lowest BCUT2D eigenvalue weighted by molar-refractivity contribution is 0.262. The predicted octanol–water partition coefficient (Wildman–Crippen LogP) is 1.59. The minimum Gasteiger partial charge on any atom is -0.497 e. The molecule has 0 atom stereocenters. The Kier molecular flexibility index (Phi) is 7.44. The van der Waals surface area contributed by atoms with E-state index in [0.29, 0.717) is 13.0 Å². The molecule has 8 nitrogen and oxygen atoms in total. The van der Waals surface area contributed by atoms with Crippen LogP contribution in [0.1, 0.15) is 25.2 Å². The second-order valence-electron chi connectivity index (χ2n) is 7.34. The zero-order valence-corrected chi connectivity index (χ0v) is 18.8. The largest absolute Gasteiger partial charge is 0.497 e. The monoisotopic (exact) mass is 439 g/mol. The van der Waals surface area contributed by atoms with Gasteiger partial charge in [0.2, 0.25) is 15.2 Å². The number of piperazine rings is 1. The zero-order chi connectivity index (χ0) is 20.9. The highest BCUT2D eigenvalue weighted by Gasteiger charge is 2.21. The molecular weight excluding hydrogens is 410 g/mol. The van der Waals surface area contributed by atoms with Crippen molar-refractivity contribution >= 4 is 26.7 Å². The molecule has 3 rings (SSSR count). The van der Waals surface area contributed by atoms with Crippen molar-refractivity contribution in [2.75, 3.05) is 51.3 Å². The molecule has 2 heterocycles. The highest BCUT2D eigenvalue weighted by molar-refractivity contribution is 7.90. The molecule has 1 aromatic heterocycles. The van der Waals surface area contributed by atoms with E-state index in [9.17, 15) is 8.42 Å². The van der Waals surface area contributed by atoms with Crippen LogP contribution in [0.3, 0.4) is 0 Å². The van der Waals surface area contributed by atoms with E-state index in [1.807, 2.05) is 18.2 Å². The van der Waals surface area contributed by atoms with E-state index >= 15 is 0 Å². The van der Waals surface area contributed by atoms with Gasteiger partial charge in [-0.3, -0.25) is 4.90 Å². The maximum absolute atomic E-state index is 11.8. The Balaban J connectivity index is 1.46. The highest BCUT2D eigenvalue weighted by Crippen LogP contribution is 2.21. The van der Waals surface area contributed by atoms with Crippen molar-refractivity contribution in [3.05, 3.63) is 35.7 Å². The number of aromatic nitrogens is 2. The Morgan fingerprint density at radius 3 is 2.69 bits per heavy atom. The van der Waals surface area contributed by atoms with Gasteiger partial charge in [-0.25, -0.2) is 18.1 Å². The van der Waals surface area contributed by atoms with E-state index in [2.05, 4.69) is 25.0 Å². The van der Waals surface area contributed by atoms with E-state index in [-0.39, 0.29) is 0 Å². The molecule has 1 aliphatic heterocycles. The number of ether oxygens (including phenoxy) is 1. The Morgan fingerprint density at radius 2 is 2.00 bits per heavy atom. The number of hydrogen-bond acceptors (Lipinski definition) is 8. The van der Waals surface area contributed by atoms with E-state index in [1.165, 1.54) is 11.5 Å². The van der Waals surface area contributed by atoms with Crippen LogP contribution in [-0.2, 0) is 16.4 Å². The van der Waals surface area contributed by atoms with Gasteiger partial charge < -0.3 is 9.64 Å². The molecule has 1 fully saturated rings. The van der Waals surface area contributed by atoms with Crippen molar-refractivity contribution in [3.8, 4) is 5.75 Å². The van der Waals surface area contributed by atoms with E-state index < -0.39 is 15.3 Å². The summed E-state index contributed by atoms with van der Waals surface area (Å²) in [6.45, 7) is 8.04. The first-order valence-electron chi connectivity index (χ1n) is 9.78. The minimum absolute atomic E-state index is 0.400. The fourth-order valence-electron chi connectivity index (χ4n) is 3.09. The van der Waals surface area contributed by atoms with Crippen LogP contribution in [0.4, 0.5) is 5.13 Å². The van der Waals surface area contributed by atoms with Crippen LogP contribution in [0.15, 0.2) is 24.3 Å². The van der Waals surface area contributed by atoms with Crippen LogP contribution in [0.2, 0.25) is 0 Å². The number of benzene rings is 1. The van der Waals surface area contributed by atoms with Gasteiger partial charge in [0, 0.05) is 57.2 Å². The van der Waals surface area contributed by atoms with Crippen molar-refractivity contribution in [3.63, 3.8) is 0 Å². The van der Waals surface area contributed by atoms with Gasteiger partial charge in [-0.1, -0.05) is 12.1 Å². The van der Waals surface area contributed by atoms with Crippen LogP contribution in [0.5, 0.6) is 5.75 Å². The summed E-state index contributed by atoms with van der Waals surface area (Å²) in [4.78, 5) is 9.23. The van der Waals surface area contributed by atoms with Crippen molar-refractivity contribution in [1.29, 1.82) is 0 Å². The van der Waals surface area contributed by atoms with Crippen LogP contribution >= 0.6 is 11.5 Å². The van der Waals surface area contributed by atoms with Gasteiger partial charge in [-0.15, -0.1) is 0 Å². The molecule has 1 saturated heterocycles. The van der Waals surface area contributed by atoms with E-state index in [4.69, 9.17) is 9.72 Å². The molecule has 0 bridgehead atoms. The van der Waals surface area contributed by atoms with Crippen LogP contribution < -0.4 is 14.4 Å². The molecule has 0 unspecified atom stereocenters. The molecule has 160 valence electrons. The Hall–Kier alpha value is -1.75. The van der Waals surface area contributed by atoms with E-state index in [0.717, 1.165) is 55.0 Å². The SMILES string of the molecule is COc1cccc(Cc2nsc(N3CCN(CCNS(=O)(=O)C(C)C)CC3)n2)c1. The summed E-state index contributed by atoms with van der Waals surface area (Å²) < 4.78 is 36.1. The summed E-state index contributed by atoms with van der Waals surface area (Å²) >= 11 is 1.43. The first kappa shape index (κ1) is 21.9. The molecule has 10 heteroatoms. The molecule has 0 spiro atoms. The normalized spacial score (nSPS) is 15.8. The molecule has 29 heavy (non-hydrogen) atoms. The molecule has 0 radical (unpaired) electrons. The summed E-state index contributed by atoms with van der Waals surface area (Å²) in [5.74, 6) is 1.66. The number of rotatable bonds is 9. The number of anilines is 1. The van der Waals surface area contributed by atoms with Gasteiger partial charge >= 0.3 is 0 Å². The third-order valence-corrected chi connectivity index (χ3v) is 7.61. The van der Waals surface area contributed by atoms with Gasteiger partial charge in [-0.2, -0.15) is 4.37 Å². The second kappa shape index (κ2) is 9.84. The second-order valence-corrected chi connectivity index (χ2v) is 10.4. The lowest BCUT2D eigenvalue weighted by Gasteiger charge is -2.34. The maximum Gasteiger partial charge on any atom is 0.213 e. The highest BCUT2D eigenvalue weighted by atomic mass is 32.2.